The summed E-state index contributed by atoms with van der Waals surface area (Å²) in [6.07, 6.45) is -7.48. The van der Waals surface area contributed by atoms with Crippen molar-refractivity contribution in [2.24, 2.45) is 5.92 Å². The van der Waals surface area contributed by atoms with Gasteiger partial charge in [-0.15, -0.1) is 0 Å². The standard InChI is InChI=1S/C36H39F4N5O3/c1-22-12-14-25(15-13-22)45-30(21-29(44-45)35(2,3)4)43-34(47)42-28-11-6-5-10-27(28)31(23-16-18-41-19-17-23)32(46)24-8-7-9-26(20-24)48-36(39,40)33(37)38/h5-15,20-21,23,31,33,41H,16-19H2,1-4H3,(H2,42,43,47). The molecule has 1 unspecified atom stereocenters. The molecule has 2 heterocycles. The van der Waals surface area contributed by atoms with Crippen molar-refractivity contribution in [3.05, 3.63) is 101 Å². The molecule has 0 bridgehead atoms. The Kier molecular flexibility index (Phi) is 10.2. The van der Waals surface area contributed by atoms with Gasteiger partial charge in [0.05, 0.1) is 17.3 Å². The SMILES string of the molecule is Cc1ccc(-n2nc(C(C)(C)C)cc2NC(=O)Nc2ccccc2C(C(=O)c2cccc(OC(F)(F)C(F)F)c2)C2CCNCC2)cc1. The molecule has 12 heteroatoms. The molecule has 5 rings (SSSR count). The number of alkyl halides is 4. The number of aromatic nitrogens is 2. The summed E-state index contributed by atoms with van der Waals surface area (Å²) in [7, 11) is 0. The van der Waals surface area contributed by atoms with Crippen LogP contribution in [0.25, 0.3) is 5.69 Å². The highest BCUT2D eigenvalue weighted by Crippen LogP contribution is 2.39. The van der Waals surface area contributed by atoms with E-state index in [-0.39, 0.29) is 16.9 Å². The second-order valence-electron chi connectivity index (χ2n) is 13.0. The number of carbonyl (C=O) groups excluding carboxylic acids is 2. The predicted molar refractivity (Wildman–Crippen MR) is 177 cm³/mol. The molecule has 48 heavy (non-hydrogen) atoms. The van der Waals surface area contributed by atoms with E-state index in [0.717, 1.165) is 29.1 Å². The highest BCUT2D eigenvalue weighted by molar-refractivity contribution is 6.04. The molecule has 1 atom stereocenters. The maximum atomic E-state index is 14.2. The molecule has 1 aliphatic heterocycles. The number of amides is 2. The lowest BCUT2D eigenvalue weighted by Gasteiger charge is -2.31. The van der Waals surface area contributed by atoms with Gasteiger partial charge in [-0.3, -0.25) is 10.1 Å². The number of hydrogen-bond donors (Lipinski definition) is 3. The van der Waals surface area contributed by atoms with Gasteiger partial charge >= 0.3 is 18.6 Å². The number of rotatable bonds is 10. The van der Waals surface area contributed by atoms with Crippen molar-refractivity contribution in [3.63, 3.8) is 0 Å². The molecule has 0 spiro atoms. The Labute approximate surface area is 276 Å². The normalized spacial score (nSPS) is 14.9. The maximum absolute atomic E-state index is 14.2. The first-order chi connectivity index (χ1) is 22.7. The van der Waals surface area contributed by atoms with Crippen LogP contribution in [-0.4, -0.2) is 47.2 Å². The lowest BCUT2D eigenvalue weighted by molar-refractivity contribution is -0.253. The number of piperidine rings is 1. The van der Waals surface area contributed by atoms with Crippen LogP contribution < -0.4 is 20.7 Å². The Morgan fingerprint density at radius 3 is 2.29 bits per heavy atom. The first-order valence-electron chi connectivity index (χ1n) is 15.8. The topological polar surface area (TPSA) is 97.3 Å². The summed E-state index contributed by atoms with van der Waals surface area (Å²) in [6.45, 7) is 9.38. The molecule has 1 aliphatic rings. The Morgan fingerprint density at radius 1 is 0.938 bits per heavy atom. The molecular weight excluding hydrogens is 626 g/mol. The van der Waals surface area contributed by atoms with Gasteiger partial charge in [-0.25, -0.2) is 9.48 Å². The van der Waals surface area contributed by atoms with E-state index < -0.39 is 36.0 Å². The summed E-state index contributed by atoms with van der Waals surface area (Å²) in [5, 5.41) is 13.9. The summed E-state index contributed by atoms with van der Waals surface area (Å²) >= 11 is 0. The third-order valence-electron chi connectivity index (χ3n) is 8.31. The minimum absolute atomic E-state index is 0.0251. The van der Waals surface area contributed by atoms with Crippen molar-refractivity contribution in [3.8, 4) is 11.4 Å². The van der Waals surface area contributed by atoms with Gasteiger partial charge in [-0.2, -0.15) is 22.7 Å². The minimum atomic E-state index is -4.72. The number of nitrogens with zero attached hydrogens (tertiary/aromatic N) is 2. The van der Waals surface area contributed by atoms with Gasteiger partial charge in [0.15, 0.2) is 5.78 Å². The first-order valence-corrected chi connectivity index (χ1v) is 15.8. The number of halogens is 4. The number of ether oxygens (including phenoxy) is 1. The molecule has 8 nitrogen and oxygen atoms in total. The number of aryl methyl sites for hydroxylation is 1. The second-order valence-corrected chi connectivity index (χ2v) is 13.0. The fourth-order valence-electron chi connectivity index (χ4n) is 5.75. The summed E-state index contributed by atoms with van der Waals surface area (Å²) in [4.78, 5) is 27.8. The van der Waals surface area contributed by atoms with E-state index in [1.165, 1.54) is 12.1 Å². The molecule has 254 valence electrons. The van der Waals surface area contributed by atoms with Crippen LogP contribution in [0.4, 0.5) is 33.9 Å². The summed E-state index contributed by atoms with van der Waals surface area (Å²) in [5.74, 6) is -1.45. The van der Waals surface area contributed by atoms with Crippen molar-refractivity contribution < 1.29 is 31.9 Å². The van der Waals surface area contributed by atoms with Crippen LogP contribution >= 0.6 is 0 Å². The predicted octanol–water partition coefficient (Wildman–Crippen LogP) is 8.33. The Bertz CT molecular complexity index is 1750. The molecule has 0 aliphatic carbocycles. The van der Waals surface area contributed by atoms with Gasteiger partial charge in [0.2, 0.25) is 0 Å². The van der Waals surface area contributed by atoms with Gasteiger partial charge in [-0.1, -0.05) is 68.8 Å². The summed E-state index contributed by atoms with van der Waals surface area (Å²) < 4.78 is 59.0. The van der Waals surface area contributed by atoms with Crippen LogP contribution in [0.5, 0.6) is 5.75 Å². The van der Waals surface area contributed by atoms with Crippen LogP contribution in [0, 0.1) is 12.8 Å². The smallest absolute Gasteiger partial charge is 0.428 e. The molecule has 3 N–H and O–H groups in total. The van der Waals surface area contributed by atoms with E-state index in [9.17, 15) is 27.2 Å². The van der Waals surface area contributed by atoms with E-state index in [0.29, 0.717) is 43.0 Å². The monoisotopic (exact) mass is 665 g/mol. The van der Waals surface area contributed by atoms with Crippen molar-refractivity contribution in [1.82, 2.24) is 15.1 Å². The Morgan fingerprint density at radius 2 is 1.62 bits per heavy atom. The van der Waals surface area contributed by atoms with Crippen LogP contribution in [0.15, 0.2) is 78.9 Å². The molecule has 3 aromatic carbocycles. The van der Waals surface area contributed by atoms with Crippen molar-refractivity contribution >= 4 is 23.3 Å². The average molecular weight is 666 g/mol. The second kappa shape index (κ2) is 14.2. The van der Waals surface area contributed by atoms with Crippen LogP contribution in [0.2, 0.25) is 0 Å². The zero-order valence-corrected chi connectivity index (χ0v) is 27.2. The van der Waals surface area contributed by atoms with Crippen LogP contribution in [0.1, 0.15) is 66.7 Å². The molecule has 1 fully saturated rings. The number of hydrogen-bond acceptors (Lipinski definition) is 5. The fourth-order valence-corrected chi connectivity index (χ4v) is 5.75. The third-order valence-corrected chi connectivity index (χ3v) is 8.31. The third kappa shape index (κ3) is 8.04. The Hall–Kier alpha value is -4.71. The summed E-state index contributed by atoms with van der Waals surface area (Å²) in [6, 6.07) is 20.8. The summed E-state index contributed by atoms with van der Waals surface area (Å²) in [5.41, 5.74) is 3.27. The number of urea groups is 1. The molecule has 0 radical (unpaired) electrons. The number of anilines is 2. The van der Waals surface area contributed by atoms with Gasteiger partial charge < -0.3 is 15.4 Å². The molecule has 4 aromatic rings. The number of carbonyl (C=O) groups is 2. The van der Waals surface area contributed by atoms with E-state index in [1.54, 1.807) is 28.9 Å². The van der Waals surface area contributed by atoms with E-state index >= 15 is 0 Å². The first kappa shape index (κ1) is 34.6. The number of benzene rings is 3. The number of nitrogens with one attached hydrogen (secondary N) is 3. The van der Waals surface area contributed by atoms with E-state index in [4.69, 9.17) is 5.10 Å². The highest BCUT2D eigenvalue weighted by Gasteiger charge is 2.44. The van der Waals surface area contributed by atoms with Gasteiger partial charge in [0.25, 0.3) is 0 Å². The molecule has 1 aromatic heterocycles. The molecule has 0 saturated carbocycles. The van der Waals surface area contributed by atoms with Crippen molar-refractivity contribution in [2.75, 3.05) is 23.7 Å². The van der Waals surface area contributed by atoms with Crippen molar-refractivity contribution in [1.29, 1.82) is 0 Å². The fraction of sp³-hybridized carbons (Fsp3) is 0.361. The zero-order valence-electron chi connectivity index (χ0n) is 27.2. The number of ketones is 1. The van der Waals surface area contributed by atoms with Gasteiger partial charge in [-0.05, 0) is 74.7 Å². The Balaban J connectivity index is 1.46. The molecular formula is C36H39F4N5O3. The zero-order chi connectivity index (χ0) is 34.6. The van der Waals surface area contributed by atoms with Gasteiger partial charge in [0, 0.05) is 22.7 Å². The quantitative estimate of drug-likeness (QED) is 0.117. The lowest BCUT2D eigenvalue weighted by Crippen LogP contribution is -2.34. The van der Waals surface area contributed by atoms with Crippen LogP contribution in [-0.2, 0) is 5.41 Å². The average Bonchev–Trinajstić information content (AvgIpc) is 3.47. The molecule has 2 amide bonds. The van der Waals surface area contributed by atoms with E-state index in [1.807, 2.05) is 58.0 Å². The number of Topliss-reactive ketones (excluding diaryl/α,β-unsaturated/α-hetero) is 1. The molecule has 1 saturated heterocycles. The highest BCUT2D eigenvalue weighted by atomic mass is 19.3. The van der Waals surface area contributed by atoms with E-state index in [2.05, 4.69) is 20.7 Å². The van der Waals surface area contributed by atoms with Crippen LogP contribution in [0.3, 0.4) is 0 Å². The largest absolute Gasteiger partial charge is 0.461 e. The van der Waals surface area contributed by atoms with Gasteiger partial charge in [0.1, 0.15) is 11.6 Å². The number of para-hydroxylation sites is 1. The van der Waals surface area contributed by atoms with Crippen molar-refractivity contribution in [2.45, 2.75) is 64.4 Å². The lowest BCUT2D eigenvalue weighted by atomic mass is 9.75. The minimum Gasteiger partial charge on any atom is -0.428 e. The maximum Gasteiger partial charge on any atom is 0.461 e.